The van der Waals surface area contributed by atoms with Crippen LogP contribution in [0.1, 0.15) is 28.0 Å². The lowest BCUT2D eigenvalue weighted by Gasteiger charge is -2.39. The molecule has 6 nitrogen and oxygen atoms in total. The predicted molar refractivity (Wildman–Crippen MR) is 102 cm³/mol. The van der Waals surface area contributed by atoms with Crippen molar-refractivity contribution in [3.05, 3.63) is 69.8 Å². The number of aryl methyl sites for hydroxylation is 2. The number of nitrogens with zero attached hydrogens (tertiary/aromatic N) is 4. The van der Waals surface area contributed by atoms with Gasteiger partial charge in [0.25, 0.3) is 11.5 Å². The van der Waals surface area contributed by atoms with Gasteiger partial charge in [0, 0.05) is 42.2 Å². The van der Waals surface area contributed by atoms with Crippen molar-refractivity contribution in [2.45, 2.75) is 25.8 Å². The molecule has 2 aliphatic rings. The van der Waals surface area contributed by atoms with Crippen LogP contribution in [0.3, 0.4) is 0 Å². The van der Waals surface area contributed by atoms with E-state index in [9.17, 15) is 9.59 Å². The molecule has 1 fully saturated rings. The summed E-state index contributed by atoms with van der Waals surface area (Å²) in [6.07, 6.45) is 4.75. The van der Waals surface area contributed by atoms with Gasteiger partial charge >= 0.3 is 0 Å². The summed E-state index contributed by atoms with van der Waals surface area (Å²) in [6, 6.07) is 11.2. The van der Waals surface area contributed by atoms with Gasteiger partial charge in [-0.2, -0.15) is 5.10 Å². The fourth-order valence-electron chi connectivity index (χ4n) is 4.06. The molecule has 0 N–H and O–H groups in total. The minimum atomic E-state index is -0.0255. The molecule has 3 aromatic rings. The second kappa shape index (κ2) is 6.30. The fraction of sp³-hybridized carbons (Fsp3) is 0.333. The summed E-state index contributed by atoms with van der Waals surface area (Å²) in [5, 5.41) is 5.50. The zero-order valence-corrected chi connectivity index (χ0v) is 15.0. The zero-order chi connectivity index (χ0) is 18.4. The maximum atomic E-state index is 12.7. The van der Waals surface area contributed by atoms with Crippen molar-refractivity contribution in [1.82, 2.24) is 19.7 Å². The van der Waals surface area contributed by atoms with E-state index in [0.29, 0.717) is 25.2 Å². The second-order valence-electron chi connectivity index (χ2n) is 7.48. The lowest BCUT2D eigenvalue weighted by Crippen LogP contribution is -2.52. The first-order chi connectivity index (χ1) is 13.2. The SMILES string of the molecule is O=C(c1ccc2ncccc2c1)N1CC(Cn2nc3c(cc2=O)CCC3)C1. The van der Waals surface area contributed by atoms with E-state index >= 15 is 0 Å². The summed E-state index contributed by atoms with van der Waals surface area (Å²) < 4.78 is 1.58. The molecule has 1 aliphatic heterocycles. The second-order valence-corrected chi connectivity index (χ2v) is 7.48. The smallest absolute Gasteiger partial charge is 0.267 e. The Labute approximate surface area is 156 Å². The van der Waals surface area contributed by atoms with E-state index < -0.39 is 0 Å². The van der Waals surface area contributed by atoms with Crippen LogP contribution in [0.5, 0.6) is 0 Å². The molecular weight excluding hydrogens is 340 g/mol. The van der Waals surface area contributed by atoms with Gasteiger partial charge in [-0.05, 0) is 49.1 Å². The molecule has 0 unspecified atom stereocenters. The summed E-state index contributed by atoms with van der Waals surface area (Å²) >= 11 is 0. The van der Waals surface area contributed by atoms with Crippen molar-refractivity contribution in [3.8, 4) is 0 Å². The van der Waals surface area contributed by atoms with Crippen LogP contribution in [0.15, 0.2) is 47.4 Å². The lowest BCUT2D eigenvalue weighted by atomic mass is 9.98. The number of likely N-dealkylation sites (tertiary alicyclic amines) is 1. The number of pyridine rings is 1. The molecule has 136 valence electrons. The number of carbonyl (C=O) groups is 1. The van der Waals surface area contributed by atoms with E-state index in [1.54, 1.807) is 16.9 Å². The van der Waals surface area contributed by atoms with Crippen LogP contribution in [-0.4, -0.2) is 38.7 Å². The highest BCUT2D eigenvalue weighted by atomic mass is 16.2. The topological polar surface area (TPSA) is 68.1 Å². The van der Waals surface area contributed by atoms with Gasteiger partial charge in [-0.15, -0.1) is 0 Å². The average molecular weight is 360 g/mol. The van der Waals surface area contributed by atoms with Crippen LogP contribution >= 0.6 is 0 Å². The maximum absolute atomic E-state index is 12.7. The highest BCUT2D eigenvalue weighted by Gasteiger charge is 2.32. The number of benzene rings is 1. The van der Waals surface area contributed by atoms with Gasteiger partial charge in [-0.3, -0.25) is 14.6 Å². The normalized spacial score (nSPS) is 16.4. The number of aromatic nitrogens is 3. The van der Waals surface area contributed by atoms with Crippen molar-refractivity contribution in [3.63, 3.8) is 0 Å². The van der Waals surface area contributed by atoms with E-state index in [1.807, 2.05) is 35.2 Å². The molecule has 0 spiro atoms. The average Bonchev–Trinajstić information content (AvgIpc) is 3.10. The summed E-state index contributed by atoms with van der Waals surface area (Å²) in [6.45, 7) is 1.90. The molecule has 5 rings (SSSR count). The van der Waals surface area contributed by atoms with Gasteiger partial charge in [0.15, 0.2) is 0 Å². The van der Waals surface area contributed by atoms with Gasteiger partial charge in [-0.25, -0.2) is 4.68 Å². The Hall–Kier alpha value is -3.02. The van der Waals surface area contributed by atoms with Crippen molar-refractivity contribution in [2.75, 3.05) is 13.1 Å². The van der Waals surface area contributed by atoms with Crippen LogP contribution < -0.4 is 5.56 Å². The number of rotatable bonds is 3. The first kappa shape index (κ1) is 16.2. The number of hydrogen-bond donors (Lipinski definition) is 0. The molecular formula is C21H20N4O2. The van der Waals surface area contributed by atoms with Gasteiger partial charge in [0.05, 0.1) is 17.8 Å². The fourth-order valence-corrected chi connectivity index (χ4v) is 4.06. The molecule has 0 saturated carbocycles. The Kier molecular flexibility index (Phi) is 3.77. The molecule has 0 bridgehead atoms. The molecule has 0 atom stereocenters. The van der Waals surface area contributed by atoms with Gasteiger partial charge < -0.3 is 4.90 Å². The van der Waals surface area contributed by atoms with Crippen LogP contribution in [-0.2, 0) is 19.4 Å². The summed E-state index contributed by atoms with van der Waals surface area (Å²) in [7, 11) is 0. The van der Waals surface area contributed by atoms with Crippen LogP contribution in [0.4, 0.5) is 0 Å². The van der Waals surface area contributed by atoms with Crippen molar-refractivity contribution < 1.29 is 4.79 Å². The summed E-state index contributed by atoms with van der Waals surface area (Å²) in [5.74, 6) is 0.312. The third kappa shape index (κ3) is 2.91. The van der Waals surface area contributed by atoms with Gasteiger partial charge in [0.1, 0.15) is 0 Å². The molecule has 3 heterocycles. The first-order valence-corrected chi connectivity index (χ1v) is 9.41. The molecule has 27 heavy (non-hydrogen) atoms. The summed E-state index contributed by atoms with van der Waals surface area (Å²) in [4.78, 5) is 31.1. The molecule has 2 aromatic heterocycles. The molecule has 1 aliphatic carbocycles. The molecule has 0 radical (unpaired) electrons. The van der Waals surface area contributed by atoms with E-state index in [4.69, 9.17) is 0 Å². The van der Waals surface area contributed by atoms with Crippen molar-refractivity contribution in [2.24, 2.45) is 5.92 Å². The molecule has 1 aromatic carbocycles. The van der Waals surface area contributed by atoms with Crippen LogP contribution in [0.25, 0.3) is 10.9 Å². The Bertz CT molecular complexity index is 1100. The molecule has 6 heteroatoms. The Balaban J connectivity index is 1.26. The van der Waals surface area contributed by atoms with E-state index in [2.05, 4.69) is 10.1 Å². The van der Waals surface area contributed by atoms with Crippen LogP contribution in [0.2, 0.25) is 0 Å². The van der Waals surface area contributed by atoms with Crippen molar-refractivity contribution >= 4 is 16.8 Å². The highest BCUT2D eigenvalue weighted by molar-refractivity contribution is 5.98. The number of hydrogen-bond acceptors (Lipinski definition) is 4. The highest BCUT2D eigenvalue weighted by Crippen LogP contribution is 2.22. The third-order valence-corrected chi connectivity index (χ3v) is 5.55. The predicted octanol–water partition coefficient (Wildman–Crippen LogP) is 2.05. The maximum Gasteiger partial charge on any atom is 0.267 e. The third-order valence-electron chi connectivity index (χ3n) is 5.55. The minimum absolute atomic E-state index is 0.0255. The largest absolute Gasteiger partial charge is 0.338 e. The van der Waals surface area contributed by atoms with E-state index in [0.717, 1.165) is 41.4 Å². The van der Waals surface area contributed by atoms with Gasteiger partial charge in [0.2, 0.25) is 0 Å². The van der Waals surface area contributed by atoms with E-state index in [-0.39, 0.29) is 17.4 Å². The molecule has 1 amide bonds. The number of fused-ring (bicyclic) bond motifs is 2. The Morgan fingerprint density at radius 2 is 2.04 bits per heavy atom. The lowest BCUT2D eigenvalue weighted by molar-refractivity contribution is 0.0458. The first-order valence-electron chi connectivity index (χ1n) is 9.41. The monoisotopic (exact) mass is 360 g/mol. The summed E-state index contributed by atoms with van der Waals surface area (Å²) in [5.41, 5.74) is 3.71. The Morgan fingerprint density at radius 3 is 2.93 bits per heavy atom. The van der Waals surface area contributed by atoms with Crippen LogP contribution in [0, 0.1) is 5.92 Å². The van der Waals surface area contributed by atoms with Crippen molar-refractivity contribution in [1.29, 1.82) is 0 Å². The van der Waals surface area contributed by atoms with Gasteiger partial charge in [-0.1, -0.05) is 6.07 Å². The molecule has 1 saturated heterocycles. The standard InChI is InChI=1S/C21H20N4O2/c26-20-10-16-3-1-5-19(16)23-25(20)13-14-11-24(12-14)21(27)17-6-7-18-15(9-17)4-2-8-22-18/h2,4,6-10,14H,1,3,5,11-13H2. The number of carbonyl (C=O) groups excluding carboxylic acids is 1. The quantitative estimate of drug-likeness (QED) is 0.717. The van der Waals surface area contributed by atoms with E-state index in [1.165, 1.54) is 0 Å². The Morgan fingerprint density at radius 1 is 1.15 bits per heavy atom. The zero-order valence-electron chi connectivity index (χ0n) is 15.0. The minimum Gasteiger partial charge on any atom is -0.338 e. The number of amides is 1.